The monoisotopic (exact) mass is 443 g/mol. The lowest BCUT2D eigenvalue weighted by atomic mass is 10.2. The number of nitrogens with zero attached hydrogens (tertiary/aromatic N) is 2. The SMILES string of the molecule is Br.CN(C)c1ccc(Nc2nc(-c3ccc(Cl)c(Cl)c3)cs2)cc1. The highest BCUT2D eigenvalue weighted by atomic mass is 79.9. The molecule has 3 aromatic rings. The van der Waals surface area contributed by atoms with E-state index in [1.807, 2.05) is 43.7 Å². The van der Waals surface area contributed by atoms with Crippen LogP contribution >= 0.6 is 51.5 Å². The molecule has 0 radical (unpaired) electrons. The molecule has 0 bridgehead atoms. The number of rotatable bonds is 4. The average Bonchev–Trinajstić information content (AvgIpc) is 2.99. The van der Waals surface area contributed by atoms with Gasteiger partial charge in [-0.15, -0.1) is 28.3 Å². The fourth-order valence-corrected chi connectivity index (χ4v) is 3.12. The van der Waals surface area contributed by atoms with Gasteiger partial charge in [-0.3, -0.25) is 0 Å². The highest BCUT2D eigenvalue weighted by Crippen LogP contribution is 2.31. The highest BCUT2D eigenvalue weighted by Gasteiger charge is 2.07. The van der Waals surface area contributed by atoms with Crippen molar-refractivity contribution in [2.45, 2.75) is 0 Å². The lowest BCUT2D eigenvalue weighted by Gasteiger charge is -2.12. The molecule has 3 nitrogen and oxygen atoms in total. The van der Waals surface area contributed by atoms with Crippen LogP contribution in [0.3, 0.4) is 0 Å². The third kappa shape index (κ3) is 4.42. The Labute approximate surface area is 166 Å². The maximum Gasteiger partial charge on any atom is 0.187 e. The number of nitrogens with one attached hydrogen (secondary N) is 1. The van der Waals surface area contributed by atoms with Crippen molar-refractivity contribution in [2.75, 3.05) is 24.3 Å². The summed E-state index contributed by atoms with van der Waals surface area (Å²) in [5.74, 6) is 0. The third-order valence-corrected chi connectivity index (χ3v) is 4.85. The van der Waals surface area contributed by atoms with E-state index in [4.69, 9.17) is 23.2 Å². The predicted octanol–water partition coefficient (Wildman–Crippen LogP) is 6.50. The summed E-state index contributed by atoms with van der Waals surface area (Å²) >= 11 is 13.6. The number of hydrogen-bond donors (Lipinski definition) is 1. The Kier molecular flexibility index (Phi) is 6.52. The molecule has 0 aliphatic carbocycles. The number of anilines is 3. The van der Waals surface area contributed by atoms with Gasteiger partial charge in [0.15, 0.2) is 5.13 Å². The third-order valence-electron chi connectivity index (χ3n) is 3.35. The first-order chi connectivity index (χ1) is 11.0. The number of benzene rings is 2. The molecule has 7 heteroatoms. The lowest BCUT2D eigenvalue weighted by Crippen LogP contribution is -2.08. The van der Waals surface area contributed by atoms with Gasteiger partial charge in [-0.1, -0.05) is 29.3 Å². The van der Waals surface area contributed by atoms with E-state index in [1.165, 1.54) is 0 Å². The molecule has 0 aliphatic rings. The standard InChI is InChI=1S/C17H15Cl2N3S.BrH/c1-22(2)13-6-4-12(5-7-13)20-17-21-16(10-23-17)11-3-8-14(18)15(19)9-11;/h3-10H,1-2H3,(H,20,21);1H. The normalized spacial score (nSPS) is 10.2. The largest absolute Gasteiger partial charge is 0.378 e. The molecule has 24 heavy (non-hydrogen) atoms. The zero-order chi connectivity index (χ0) is 16.4. The molecule has 0 saturated heterocycles. The van der Waals surface area contributed by atoms with Gasteiger partial charge in [0.25, 0.3) is 0 Å². The zero-order valence-corrected chi connectivity index (χ0v) is 17.1. The van der Waals surface area contributed by atoms with Gasteiger partial charge in [-0.25, -0.2) is 4.98 Å². The predicted molar refractivity (Wildman–Crippen MR) is 112 cm³/mol. The molecular formula is C17H16BrCl2N3S. The molecule has 0 fully saturated rings. The molecule has 0 saturated carbocycles. The maximum absolute atomic E-state index is 6.06. The van der Waals surface area contributed by atoms with Crippen molar-refractivity contribution in [3.05, 3.63) is 57.9 Å². The van der Waals surface area contributed by atoms with Crippen molar-refractivity contribution < 1.29 is 0 Å². The molecular weight excluding hydrogens is 429 g/mol. The average molecular weight is 445 g/mol. The van der Waals surface area contributed by atoms with Gasteiger partial charge in [-0.2, -0.15) is 0 Å². The molecule has 0 spiro atoms. The van der Waals surface area contributed by atoms with Gasteiger partial charge in [0.1, 0.15) is 0 Å². The van der Waals surface area contributed by atoms with Crippen molar-refractivity contribution in [1.29, 1.82) is 0 Å². The minimum Gasteiger partial charge on any atom is -0.378 e. The Balaban J connectivity index is 0.00000208. The minimum atomic E-state index is 0. The van der Waals surface area contributed by atoms with E-state index in [1.54, 1.807) is 17.4 Å². The summed E-state index contributed by atoms with van der Waals surface area (Å²) in [7, 11) is 4.04. The first-order valence-corrected chi connectivity index (χ1v) is 8.62. The second kappa shape index (κ2) is 8.21. The van der Waals surface area contributed by atoms with Crippen LogP contribution in [-0.2, 0) is 0 Å². The summed E-state index contributed by atoms with van der Waals surface area (Å²) in [5, 5.41) is 7.23. The second-order valence-electron chi connectivity index (χ2n) is 5.23. The highest BCUT2D eigenvalue weighted by molar-refractivity contribution is 8.93. The van der Waals surface area contributed by atoms with Crippen molar-refractivity contribution in [2.24, 2.45) is 0 Å². The Morgan fingerprint density at radius 3 is 2.33 bits per heavy atom. The summed E-state index contributed by atoms with van der Waals surface area (Å²) in [5.41, 5.74) is 3.99. The lowest BCUT2D eigenvalue weighted by molar-refractivity contribution is 1.13. The molecule has 1 aromatic heterocycles. The first kappa shape index (κ1) is 19.1. The van der Waals surface area contributed by atoms with E-state index in [0.717, 1.165) is 27.8 Å². The van der Waals surface area contributed by atoms with E-state index in [0.29, 0.717) is 10.0 Å². The number of hydrogen-bond acceptors (Lipinski definition) is 4. The topological polar surface area (TPSA) is 28.2 Å². The first-order valence-electron chi connectivity index (χ1n) is 6.98. The van der Waals surface area contributed by atoms with Crippen molar-refractivity contribution in [1.82, 2.24) is 4.98 Å². The number of aromatic nitrogens is 1. The van der Waals surface area contributed by atoms with Gasteiger partial charge in [0.05, 0.1) is 15.7 Å². The fourth-order valence-electron chi connectivity index (χ4n) is 2.09. The Hall–Kier alpha value is -1.27. The molecule has 126 valence electrons. The van der Waals surface area contributed by atoms with Gasteiger partial charge >= 0.3 is 0 Å². The summed E-state index contributed by atoms with van der Waals surface area (Å²) in [6, 6.07) is 13.7. The molecule has 0 atom stereocenters. The molecule has 0 aliphatic heterocycles. The fraction of sp³-hybridized carbons (Fsp3) is 0.118. The van der Waals surface area contributed by atoms with Crippen molar-refractivity contribution in [3.8, 4) is 11.3 Å². The molecule has 3 rings (SSSR count). The van der Waals surface area contributed by atoms with Crippen molar-refractivity contribution >= 4 is 68.0 Å². The van der Waals surface area contributed by atoms with Crippen molar-refractivity contribution in [3.63, 3.8) is 0 Å². The van der Waals surface area contributed by atoms with Gasteiger partial charge in [0, 0.05) is 36.4 Å². The summed E-state index contributed by atoms with van der Waals surface area (Å²) < 4.78 is 0. The van der Waals surface area contributed by atoms with E-state index >= 15 is 0 Å². The number of thiazole rings is 1. The zero-order valence-electron chi connectivity index (χ0n) is 13.1. The van der Waals surface area contributed by atoms with E-state index in [-0.39, 0.29) is 17.0 Å². The molecule has 1 N–H and O–H groups in total. The van der Waals surface area contributed by atoms with Crippen LogP contribution in [0.5, 0.6) is 0 Å². The summed E-state index contributed by atoms with van der Waals surface area (Å²) in [6.07, 6.45) is 0. The number of halogens is 3. The second-order valence-corrected chi connectivity index (χ2v) is 6.91. The van der Waals surface area contributed by atoms with Crippen LogP contribution in [0.1, 0.15) is 0 Å². The summed E-state index contributed by atoms with van der Waals surface area (Å²) in [4.78, 5) is 6.66. The van der Waals surface area contributed by atoms with E-state index in [9.17, 15) is 0 Å². The molecule has 1 heterocycles. The van der Waals surface area contributed by atoms with Crippen LogP contribution in [0.25, 0.3) is 11.3 Å². The van der Waals surface area contributed by atoms with E-state index < -0.39 is 0 Å². The molecule has 2 aromatic carbocycles. The quantitative estimate of drug-likeness (QED) is 0.497. The van der Waals surface area contributed by atoms with Gasteiger partial charge in [-0.05, 0) is 36.4 Å². The van der Waals surface area contributed by atoms with Crippen LogP contribution in [-0.4, -0.2) is 19.1 Å². The van der Waals surface area contributed by atoms with Crippen LogP contribution in [0.2, 0.25) is 10.0 Å². The summed E-state index contributed by atoms with van der Waals surface area (Å²) in [6.45, 7) is 0. The van der Waals surface area contributed by atoms with Gasteiger partial charge in [0.2, 0.25) is 0 Å². The maximum atomic E-state index is 6.06. The van der Waals surface area contributed by atoms with Crippen LogP contribution in [0, 0.1) is 0 Å². The molecule has 0 amide bonds. The van der Waals surface area contributed by atoms with Crippen LogP contribution in [0.4, 0.5) is 16.5 Å². The molecule has 0 unspecified atom stereocenters. The minimum absolute atomic E-state index is 0. The Morgan fingerprint density at radius 2 is 1.71 bits per heavy atom. The van der Waals surface area contributed by atoms with E-state index in [2.05, 4.69) is 27.3 Å². The smallest absolute Gasteiger partial charge is 0.187 e. The van der Waals surface area contributed by atoms with Crippen LogP contribution in [0.15, 0.2) is 47.8 Å². The van der Waals surface area contributed by atoms with Gasteiger partial charge < -0.3 is 10.2 Å². The Morgan fingerprint density at radius 1 is 1.00 bits per heavy atom. The Bertz CT molecular complexity index is 819. The van der Waals surface area contributed by atoms with Crippen LogP contribution < -0.4 is 10.2 Å².